The summed E-state index contributed by atoms with van der Waals surface area (Å²) < 4.78 is 2.69. The number of fused-ring (bicyclic) bond motifs is 3. The van der Waals surface area contributed by atoms with Crippen molar-refractivity contribution >= 4 is 47.7 Å². The molecule has 7 heteroatoms. The first-order chi connectivity index (χ1) is 11.1. The Morgan fingerprint density at radius 3 is 2.78 bits per heavy atom. The summed E-state index contributed by atoms with van der Waals surface area (Å²) in [7, 11) is 0. The molecule has 0 aliphatic carbocycles. The van der Waals surface area contributed by atoms with Crippen LogP contribution in [0.25, 0.3) is 26.1 Å². The molecule has 0 amide bonds. The van der Waals surface area contributed by atoms with Gasteiger partial charge in [0.15, 0.2) is 0 Å². The lowest BCUT2D eigenvalue weighted by molar-refractivity contribution is 0.738. The Bertz CT molecular complexity index is 1130. The van der Waals surface area contributed by atoms with Gasteiger partial charge in [-0.25, -0.2) is 4.98 Å². The molecular weight excluding hydrogens is 376 g/mol. The monoisotopic (exact) mass is 386 g/mol. The normalized spacial score (nSPS) is 11.4. The molecule has 4 rings (SSSR count). The summed E-state index contributed by atoms with van der Waals surface area (Å²) in [5.74, 6) is 0. The van der Waals surface area contributed by atoms with Crippen LogP contribution in [0.2, 0.25) is 0 Å². The average molecular weight is 387 g/mol. The molecule has 5 nitrogen and oxygen atoms in total. The minimum atomic E-state index is -0.180. The highest BCUT2D eigenvalue weighted by molar-refractivity contribution is 9.10. The molecule has 3 aromatic heterocycles. The average Bonchev–Trinajstić information content (AvgIpc) is 2.88. The van der Waals surface area contributed by atoms with Crippen LogP contribution in [0.1, 0.15) is 11.3 Å². The Morgan fingerprint density at radius 1 is 1.22 bits per heavy atom. The molecule has 0 unspecified atom stereocenters. The van der Waals surface area contributed by atoms with Gasteiger partial charge in [0.05, 0.1) is 5.69 Å². The minimum Gasteiger partial charge on any atom is -0.266 e. The topological polar surface area (TPSA) is 60.7 Å². The zero-order valence-corrected chi connectivity index (χ0v) is 14.8. The van der Waals surface area contributed by atoms with Gasteiger partial charge in [0.25, 0.3) is 5.56 Å². The van der Waals surface area contributed by atoms with Crippen molar-refractivity contribution in [3.8, 4) is 5.69 Å². The Balaban J connectivity index is 2.08. The molecule has 0 radical (unpaired) electrons. The number of benzene rings is 1. The maximum Gasteiger partial charge on any atom is 0.292 e. The third-order valence-electron chi connectivity index (χ3n) is 3.80. The fourth-order valence-electron chi connectivity index (χ4n) is 2.45. The van der Waals surface area contributed by atoms with E-state index in [0.717, 1.165) is 25.9 Å². The van der Waals surface area contributed by atoms with E-state index >= 15 is 0 Å². The smallest absolute Gasteiger partial charge is 0.266 e. The number of hydrogen-bond donors (Lipinski definition) is 0. The molecule has 0 aliphatic heterocycles. The van der Waals surface area contributed by atoms with E-state index in [1.165, 1.54) is 16.0 Å². The highest BCUT2D eigenvalue weighted by Crippen LogP contribution is 2.30. The quantitative estimate of drug-likeness (QED) is 0.499. The second kappa shape index (κ2) is 5.21. The lowest BCUT2D eigenvalue weighted by atomic mass is 10.2. The molecular formula is C16H11BrN4OS. The molecule has 3 heterocycles. The summed E-state index contributed by atoms with van der Waals surface area (Å²) in [6, 6.07) is 9.46. The molecule has 0 saturated heterocycles. The predicted molar refractivity (Wildman–Crippen MR) is 95.5 cm³/mol. The van der Waals surface area contributed by atoms with E-state index < -0.39 is 0 Å². The Labute approximate surface area is 143 Å². The Hall–Kier alpha value is -2.12. The van der Waals surface area contributed by atoms with Gasteiger partial charge in [-0.05, 0) is 53.5 Å². The number of nitrogens with zero attached hydrogens (tertiary/aromatic N) is 4. The molecule has 0 fully saturated rings. The maximum atomic E-state index is 12.8. The maximum absolute atomic E-state index is 12.8. The first kappa shape index (κ1) is 14.5. The third kappa shape index (κ3) is 2.19. The molecule has 0 N–H and O–H groups in total. The molecule has 0 saturated carbocycles. The van der Waals surface area contributed by atoms with Crippen LogP contribution >= 0.6 is 27.3 Å². The standard InChI is InChI=1S/C16H11BrN4OS/c1-8-7-10-13-14(23-15(10)18-9(8)2)16(22)21(20-19-13)12-6-4-3-5-11(12)17/h3-7H,1-2H3. The van der Waals surface area contributed by atoms with E-state index in [4.69, 9.17) is 0 Å². The summed E-state index contributed by atoms with van der Waals surface area (Å²) in [6.45, 7) is 3.96. The van der Waals surface area contributed by atoms with Crippen molar-refractivity contribution in [2.45, 2.75) is 13.8 Å². The fourth-order valence-corrected chi connectivity index (χ4v) is 3.97. The van der Waals surface area contributed by atoms with Crippen molar-refractivity contribution in [1.82, 2.24) is 20.0 Å². The van der Waals surface area contributed by atoms with Gasteiger partial charge in [0.2, 0.25) is 0 Å². The van der Waals surface area contributed by atoms with Gasteiger partial charge < -0.3 is 0 Å². The highest BCUT2D eigenvalue weighted by atomic mass is 79.9. The Morgan fingerprint density at radius 2 is 2.00 bits per heavy atom. The van der Waals surface area contributed by atoms with Crippen LogP contribution in [0.5, 0.6) is 0 Å². The van der Waals surface area contributed by atoms with Gasteiger partial charge in [-0.3, -0.25) is 4.79 Å². The lowest BCUT2D eigenvalue weighted by Crippen LogP contribution is -2.21. The van der Waals surface area contributed by atoms with E-state index in [2.05, 4.69) is 31.2 Å². The third-order valence-corrected chi connectivity index (χ3v) is 5.55. The van der Waals surface area contributed by atoms with Crippen LogP contribution in [0, 0.1) is 13.8 Å². The first-order valence-electron chi connectivity index (χ1n) is 6.97. The zero-order chi connectivity index (χ0) is 16.1. The van der Waals surface area contributed by atoms with Crippen LogP contribution in [0.4, 0.5) is 0 Å². The Kier molecular flexibility index (Phi) is 3.28. The number of rotatable bonds is 1. The van der Waals surface area contributed by atoms with E-state index in [9.17, 15) is 4.79 Å². The highest BCUT2D eigenvalue weighted by Gasteiger charge is 2.16. The molecule has 0 aliphatic rings. The number of halogens is 1. The summed E-state index contributed by atoms with van der Waals surface area (Å²) in [4.78, 5) is 18.2. The van der Waals surface area contributed by atoms with Crippen molar-refractivity contribution < 1.29 is 0 Å². The van der Waals surface area contributed by atoms with Crippen molar-refractivity contribution in [2.24, 2.45) is 0 Å². The number of thiophene rings is 1. The van der Waals surface area contributed by atoms with E-state index in [1.807, 2.05) is 44.2 Å². The molecule has 4 aromatic rings. The molecule has 114 valence electrons. The van der Waals surface area contributed by atoms with Crippen LogP contribution in [0.3, 0.4) is 0 Å². The number of aryl methyl sites for hydroxylation is 2. The summed E-state index contributed by atoms with van der Waals surface area (Å²) >= 11 is 4.81. The van der Waals surface area contributed by atoms with Crippen LogP contribution in [0.15, 0.2) is 39.6 Å². The van der Waals surface area contributed by atoms with E-state index in [-0.39, 0.29) is 5.56 Å². The minimum absolute atomic E-state index is 0.180. The van der Waals surface area contributed by atoms with Crippen molar-refractivity contribution in [3.63, 3.8) is 0 Å². The van der Waals surface area contributed by atoms with Gasteiger partial charge in [0.1, 0.15) is 15.0 Å². The van der Waals surface area contributed by atoms with Gasteiger partial charge in [-0.1, -0.05) is 17.3 Å². The van der Waals surface area contributed by atoms with Crippen molar-refractivity contribution in [3.05, 3.63) is 56.4 Å². The first-order valence-corrected chi connectivity index (χ1v) is 8.58. The van der Waals surface area contributed by atoms with E-state index in [0.29, 0.717) is 15.9 Å². The van der Waals surface area contributed by atoms with Crippen LogP contribution < -0.4 is 5.56 Å². The lowest BCUT2D eigenvalue weighted by Gasteiger charge is -2.04. The second-order valence-corrected chi connectivity index (χ2v) is 7.13. The predicted octanol–water partition coefficient (Wildman–Crippen LogP) is 3.77. The van der Waals surface area contributed by atoms with Crippen LogP contribution in [-0.2, 0) is 0 Å². The number of pyridine rings is 1. The van der Waals surface area contributed by atoms with E-state index in [1.54, 1.807) is 0 Å². The van der Waals surface area contributed by atoms with Gasteiger partial charge in [0, 0.05) is 15.6 Å². The van der Waals surface area contributed by atoms with Gasteiger partial charge in [-0.2, -0.15) is 4.68 Å². The number of para-hydroxylation sites is 1. The molecule has 1 aromatic carbocycles. The van der Waals surface area contributed by atoms with Gasteiger partial charge in [-0.15, -0.1) is 16.4 Å². The van der Waals surface area contributed by atoms with Crippen molar-refractivity contribution in [2.75, 3.05) is 0 Å². The van der Waals surface area contributed by atoms with Crippen LogP contribution in [-0.4, -0.2) is 20.0 Å². The van der Waals surface area contributed by atoms with Crippen molar-refractivity contribution in [1.29, 1.82) is 0 Å². The fraction of sp³-hybridized carbons (Fsp3) is 0.125. The second-order valence-electron chi connectivity index (χ2n) is 5.28. The molecule has 23 heavy (non-hydrogen) atoms. The molecule has 0 atom stereocenters. The summed E-state index contributed by atoms with van der Waals surface area (Å²) in [5, 5.41) is 9.28. The summed E-state index contributed by atoms with van der Waals surface area (Å²) in [6.07, 6.45) is 0. The largest absolute Gasteiger partial charge is 0.292 e. The van der Waals surface area contributed by atoms with Gasteiger partial charge >= 0.3 is 0 Å². The SMILES string of the molecule is Cc1cc2c(nc1C)sc1c(=O)n(-c3ccccc3Br)nnc12. The number of hydrogen-bond acceptors (Lipinski definition) is 5. The zero-order valence-electron chi connectivity index (χ0n) is 12.4. The molecule has 0 spiro atoms. The number of aromatic nitrogens is 4. The summed E-state index contributed by atoms with van der Waals surface area (Å²) in [5.41, 5.74) is 3.15. The molecule has 0 bridgehead atoms.